The molecule has 3 fully saturated rings. The lowest BCUT2D eigenvalue weighted by Crippen LogP contribution is -2.64. The van der Waals surface area contributed by atoms with Crippen molar-refractivity contribution in [1.82, 2.24) is 0 Å². The van der Waals surface area contributed by atoms with Gasteiger partial charge < -0.3 is 14.3 Å². The Bertz CT molecular complexity index is 1020. The maximum atomic E-state index is 13.4. The highest BCUT2D eigenvalue weighted by atomic mass is 32.1. The Hall–Kier alpha value is -2.25. The number of piperidine rings is 3. The van der Waals surface area contributed by atoms with E-state index in [1.54, 1.807) is 0 Å². The molecule has 6 rings (SSSR count). The van der Waals surface area contributed by atoms with Crippen LogP contribution in [-0.4, -0.2) is 47.8 Å². The Morgan fingerprint density at radius 1 is 1.03 bits per heavy atom. The molecule has 3 saturated heterocycles. The van der Waals surface area contributed by atoms with Crippen molar-refractivity contribution in [3.05, 3.63) is 86.8 Å². The van der Waals surface area contributed by atoms with E-state index in [1.807, 2.05) is 41.1 Å². The summed E-state index contributed by atoms with van der Waals surface area (Å²) in [5, 5.41) is 15.3. The van der Waals surface area contributed by atoms with Crippen molar-refractivity contribution in [3.8, 4) is 0 Å². The molecular formula is C26H28NO3S2+. The lowest BCUT2D eigenvalue weighted by molar-refractivity contribution is -0.941. The molecule has 3 aliphatic rings. The topological polar surface area (TPSA) is 46.5 Å². The second-order valence-electron chi connectivity index (χ2n) is 8.91. The van der Waals surface area contributed by atoms with Gasteiger partial charge in [0.25, 0.3) is 0 Å². The molecule has 0 amide bonds. The summed E-state index contributed by atoms with van der Waals surface area (Å²) >= 11 is 2.77. The van der Waals surface area contributed by atoms with Crippen LogP contribution in [0.15, 0.2) is 71.4 Å². The first-order chi connectivity index (χ1) is 15.6. The highest BCUT2D eigenvalue weighted by Crippen LogP contribution is 2.40. The van der Waals surface area contributed by atoms with Gasteiger partial charge in [0.1, 0.15) is 6.54 Å². The molecule has 1 unspecified atom stereocenters. The van der Waals surface area contributed by atoms with Crippen LogP contribution in [0.25, 0.3) is 6.08 Å². The molecule has 32 heavy (non-hydrogen) atoms. The van der Waals surface area contributed by atoms with Crippen LogP contribution in [0, 0.1) is 5.92 Å². The number of nitrogens with zero attached hydrogens (tertiary/aromatic N) is 1. The maximum Gasteiger partial charge on any atom is 0.349 e. The molecule has 1 N–H and O–H groups in total. The fourth-order valence-corrected chi connectivity index (χ4v) is 6.82. The number of ether oxygens (including phenoxy) is 1. The van der Waals surface area contributed by atoms with Crippen molar-refractivity contribution < 1.29 is 19.1 Å². The molecule has 3 aromatic rings. The fourth-order valence-electron chi connectivity index (χ4n) is 5.10. The molecule has 6 heteroatoms. The maximum absolute atomic E-state index is 13.4. The van der Waals surface area contributed by atoms with Crippen LogP contribution in [0.4, 0.5) is 0 Å². The van der Waals surface area contributed by atoms with Gasteiger partial charge in [-0.05, 0) is 34.5 Å². The second kappa shape index (κ2) is 8.94. The van der Waals surface area contributed by atoms with Gasteiger partial charge in [-0.3, -0.25) is 0 Å². The molecule has 1 aromatic carbocycles. The van der Waals surface area contributed by atoms with E-state index in [0.29, 0.717) is 15.7 Å². The van der Waals surface area contributed by atoms with Gasteiger partial charge >= 0.3 is 5.97 Å². The summed E-state index contributed by atoms with van der Waals surface area (Å²) in [7, 11) is 0. The van der Waals surface area contributed by atoms with Gasteiger partial charge in [0.05, 0.1) is 29.4 Å². The average Bonchev–Trinajstić information content (AvgIpc) is 3.55. The molecular weight excluding hydrogens is 438 g/mol. The van der Waals surface area contributed by atoms with Gasteiger partial charge in [-0.25, -0.2) is 4.79 Å². The largest absolute Gasteiger partial charge is 0.453 e. The number of quaternary nitrogens is 1. The summed E-state index contributed by atoms with van der Waals surface area (Å²) in [6.07, 6.45) is 6.41. The molecule has 2 bridgehead atoms. The minimum absolute atomic E-state index is 0.151. The van der Waals surface area contributed by atoms with E-state index < -0.39 is 11.6 Å². The number of thiophene rings is 2. The number of hydrogen-bond acceptors (Lipinski definition) is 5. The summed E-state index contributed by atoms with van der Waals surface area (Å²) in [6.45, 7) is 4.01. The van der Waals surface area contributed by atoms with Gasteiger partial charge in [-0.2, -0.15) is 0 Å². The van der Waals surface area contributed by atoms with Gasteiger partial charge in [-0.1, -0.05) is 48.5 Å². The Morgan fingerprint density at radius 3 is 2.28 bits per heavy atom. The van der Waals surface area contributed by atoms with Crippen LogP contribution in [0.1, 0.15) is 28.2 Å². The molecule has 2 aromatic heterocycles. The molecule has 4 nitrogen and oxygen atoms in total. The molecule has 0 aliphatic carbocycles. The van der Waals surface area contributed by atoms with Crippen molar-refractivity contribution in [2.45, 2.75) is 24.5 Å². The number of benzene rings is 1. The molecule has 5 heterocycles. The molecule has 3 aliphatic heterocycles. The lowest BCUT2D eigenvalue weighted by Gasteiger charge is -2.51. The minimum atomic E-state index is -1.73. The van der Waals surface area contributed by atoms with Crippen LogP contribution in [0.3, 0.4) is 0 Å². The second-order valence-corrected chi connectivity index (χ2v) is 10.8. The molecule has 0 spiro atoms. The van der Waals surface area contributed by atoms with Crippen LogP contribution >= 0.6 is 22.7 Å². The number of carbonyl (C=O) groups excluding carboxylic acids is 1. The smallest absolute Gasteiger partial charge is 0.349 e. The normalized spacial score (nSPS) is 25.3. The summed E-state index contributed by atoms with van der Waals surface area (Å²) in [5.41, 5.74) is -0.524. The number of aliphatic hydroxyl groups is 1. The number of carbonyl (C=O) groups is 1. The highest BCUT2D eigenvalue weighted by Gasteiger charge is 2.50. The van der Waals surface area contributed by atoms with E-state index in [0.717, 1.165) is 43.5 Å². The average molecular weight is 467 g/mol. The number of fused-ring (bicyclic) bond motifs is 3. The van der Waals surface area contributed by atoms with E-state index in [-0.39, 0.29) is 6.10 Å². The summed E-state index contributed by atoms with van der Waals surface area (Å²) < 4.78 is 7.06. The van der Waals surface area contributed by atoms with Crippen molar-refractivity contribution in [1.29, 1.82) is 0 Å². The Kier molecular flexibility index (Phi) is 6.03. The van der Waals surface area contributed by atoms with Crippen LogP contribution in [0.5, 0.6) is 0 Å². The van der Waals surface area contributed by atoms with Gasteiger partial charge in [0.15, 0.2) is 6.10 Å². The first-order valence-electron chi connectivity index (χ1n) is 11.2. The van der Waals surface area contributed by atoms with Crippen LogP contribution in [0.2, 0.25) is 0 Å². The SMILES string of the molecule is O=C(OC1C[N+]2(C/C=C/c3ccccc3)CCC1CC2)C(O)(c1cccs1)c1cccs1. The molecule has 1 atom stereocenters. The Balaban J connectivity index is 1.32. The Labute approximate surface area is 197 Å². The van der Waals surface area contributed by atoms with Gasteiger partial charge in [-0.15, -0.1) is 22.7 Å². The van der Waals surface area contributed by atoms with Gasteiger partial charge in [0.2, 0.25) is 5.60 Å². The zero-order valence-electron chi connectivity index (χ0n) is 17.9. The fraction of sp³-hybridized carbons (Fsp3) is 0.346. The van der Waals surface area contributed by atoms with Gasteiger partial charge in [0, 0.05) is 18.8 Å². The van der Waals surface area contributed by atoms with Crippen LogP contribution < -0.4 is 0 Å². The van der Waals surface area contributed by atoms with E-state index in [2.05, 4.69) is 36.4 Å². The monoisotopic (exact) mass is 466 g/mol. The van der Waals surface area contributed by atoms with Crippen molar-refractivity contribution in [3.63, 3.8) is 0 Å². The van der Waals surface area contributed by atoms with E-state index in [4.69, 9.17) is 4.74 Å². The zero-order chi connectivity index (χ0) is 22.0. The summed E-state index contributed by atoms with van der Waals surface area (Å²) in [6, 6.07) is 17.7. The third-order valence-electron chi connectivity index (χ3n) is 6.95. The third-order valence-corrected chi connectivity index (χ3v) is 8.91. The van der Waals surface area contributed by atoms with Crippen molar-refractivity contribution in [2.75, 3.05) is 26.2 Å². The summed E-state index contributed by atoms with van der Waals surface area (Å²) in [4.78, 5) is 14.7. The number of esters is 1. The quantitative estimate of drug-likeness (QED) is 0.398. The van der Waals surface area contributed by atoms with Crippen molar-refractivity contribution in [2.24, 2.45) is 5.92 Å². The predicted molar refractivity (Wildman–Crippen MR) is 129 cm³/mol. The molecule has 0 radical (unpaired) electrons. The van der Waals surface area contributed by atoms with E-state index >= 15 is 0 Å². The third kappa shape index (κ3) is 4.08. The first-order valence-corrected chi connectivity index (χ1v) is 12.9. The first kappa shape index (κ1) is 21.6. The standard InChI is InChI=1S/C26H28NO3S2/c28-25(26(29,23-10-5-17-31-23)24-11-6-18-32-24)30-22-19-27(15-12-21(22)13-16-27)14-4-9-20-7-2-1-3-8-20/h1-11,17-18,21-22,29H,12-16,19H2/q+1/b9-4+. The lowest BCUT2D eigenvalue weighted by atomic mass is 9.83. The predicted octanol–water partition coefficient (Wildman–Crippen LogP) is 4.91. The van der Waals surface area contributed by atoms with E-state index in [9.17, 15) is 9.90 Å². The van der Waals surface area contributed by atoms with Crippen LogP contribution in [-0.2, 0) is 15.1 Å². The summed E-state index contributed by atoms with van der Waals surface area (Å²) in [5.74, 6) is -0.160. The molecule has 166 valence electrons. The van der Waals surface area contributed by atoms with Crippen molar-refractivity contribution >= 4 is 34.7 Å². The zero-order valence-corrected chi connectivity index (χ0v) is 19.6. The number of rotatable bonds is 7. The highest BCUT2D eigenvalue weighted by molar-refractivity contribution is 7.12. The Morgan fingerprint density at radius 2 is 1.69 bits per heavy atom. The number of hydrogen-bond donors (Lipinski definition) is 1. The van der Waals surface area contributed by atoms with E-state index in [1.165, 1.54) is 28.2 Å². The molecule has 0 saturated carbocycles. The minimum Gasteiger partial charge on any atom is -0.453 e.